The van der Waals surface area contributed by atoms with Crippen LogP contribution in [0, 0.1) is 19.3 Å². The highest BCUT2D eigenvalue weighted by Gasteiger charge is 2.09. The van der Waals surface area contributed by atoms with Gasteiger partial charge >= 0.3 is 0 Å². The van der Waals surface area contributed by atoms with Crippen molar-refractivity contribution in [2.45, 2.75) is 6.92 Å². The van der Waals surface area contributed by atoms with Crippen LogP contribution in [0.1, 0.15) is 11.3 Å². The summed E-state index contributed by atoms with van der Waals surface area (Å²) in [6.45, 7) is 2.07. The molecule has 0 unspecified atom stereocenters. The van der Waals surface area contributed by atoms with E-state index in [-0.39, 0.29) is 12.5 Å². The number of carbonyl (C=O) groups excluding carboxylic acids is 1. The Morgan fingerprint density at radius 3 is 2.90 bits per heavy atom. The first-order chi connectivity index (χ1) is 10.1. The zero-order valence-electron chi connectivity index (χ0n) is 12.0. The molecule has 0 saturated heterocycles. The predicted octanol–water partition coefficient (Wildman–Crippen LogP) is 1.84. The predicted molar refractivity (Wildman–Crippen MR) is 83.0 cm³/mol. The summed E-state index contributed by atoms with van der Waals surface area (Å²) in [6, 6.07) is 9.00. The Bertz CT molecular complexity index is 691. The lowest BCUT2D eigenvalue weighted by molar-refractivity contribution is -0.114. The fourth-order valence-electron chi connectivity index (χ4n) is 1.83. The molecule has 0 fully saturated rings. The van der Waals surface area contributed by atoms with E-state index in [4.69, 9.17) is 6.42 Å². The van der Waals surface area contributed by atoms with E-state index >= 15 is 0 Å². The van der Waals surface area contributed by atoms with Gasteiger partial charge in [0, 0.05) is 30.1 Å². The highest BCUT2D eigenvalue weighted by molar-refractivity contribution is 5.94. The summed E-state index contributed by atoms with van der Waals surface area (Å²) >= 11 is 0. The van der Waals surface area contributed by atoms with Gasteiger partial charge in [0.05, 0.1) is 6.54 Å². The number of rotatable bonds is 4. The number of hydrogen-bond acceptors (Lipinski definition) is 4. The Labute approximate surface area is 124 Å². The summed E-state index contributed by atoms with van der Waals surface area (Å²) in [5.41, 5.74) is 2.27. The molecule has 1 N–H and O–H groups in total. The molecule has 1 aromatic heterocycles. The molecule has 21 heavy (non-hydrogen) atoms. The number of carbonyl (C=O) groups is 1. The lowest BCUT2D eigenvalue weighted by atomic mass is 10.2. The van der Waals surface area contributed by atoms with Crippen LogP contribution in [-0.4, -0.2) is 29.5 Å². The number of aryl methyl sites for hydroxylation is 1. The van der Waals surface area contributed by atoms with Crippen LogP contribution in [0.5, 0.6) is 0 Å². The molecule has 1 heterocycles. The molecule has 0 saturated carbocycles. The second-order valence-corrected chi connectivity index (χ2v) is 4.65. The zero-order valence-corrected chi connectivity index (χ0v) is 12.0. The molecule has 0 bridgehead atoms. The second kappa shape index (κ2) is 6.53. The van der Waals surface area contributed by atoms with Crippen LogP contribution in [0.2, 0.25) is 0 Å². The number of amides is 1. The van der Waals surface area contributed by atoms with E-state index in [0.717, 1.165) is 11.3 Å². The highest BCUT2D eigenvalue weighted by atomic mass is 16.2. The number of benzene rings is 1. The van der Waals surface area contributed by atoms with Gasteiger partial charge in [-0.15, -0.1) is 6.42 Å². The summed E-state index contributed by atoms with van der Waals surface area (Å²) in [7, 11) is 1.80. The van der Waals surface area contributed by atoms with Gasteiger partial charge in [-0.3, -0.25) is 4.79 Å². The summed E-state index contributed by atoms with van der Waals surface area (Å²) in [4.78, 5) is 22.0. The van der Waals surface area contributed by atoms with Crippen LogP contribution in [0.4, 0.5) is 11.5 Å². The van der Waals surface area contributed by atoms with Gasteiger partial charge in [0.15, 0.2) is 0 Å². The third-order valence-corrected chi connectivity index (χ3v) is 2.87. The molecule has 2 rings (SSSR count). The molecule has 0 aliphatic heterocycles. The lowest BCUT2D eigenvalue weighted by Gasteiger charge is -2.17. The van der Waals surface area contributed by atoms with Gasteiger partial charge < -0.3 is 10.2 Å². The molecular formula is C16H16N4O. The Morgan fingerprint density at radius 2 is 2.19 bits per heavy atom. The molecule has 5 nitrogen and oxygen atoms in total. The van der Waals surface area contributed by atoms with Gasteiger partial charge in [-0.05, 0) is 25.1 Å². The van der Waals surface area contributed by atoms with Crippen molar-refractivity contribution in [3.63, 3.8) is 0 Å². The van der Waals surface area contributed by atoms with Crippen molar-refractivity contribution in [3.8, 4) is 12.3 Å². The van der Waals surface area contributed by atoms with Crippen LogP contribution in [-0.2, 0) is 4.79 Å². The minimum absolute atomic E-state index is 0.136. The minimum atomic E-state index is -0.136. The SMILES string of the molecule is C#Cc1cccc(NC(=O)CN(C)c2cc(C)ncn2)c1. The molecule has 2 aromatic rings. The number of likely N-dealkylation sites (N-methyl/N-ethyl adjacent to an activating group) is 1. The van der Waals surface area contributed by atoms with E-state index < -0.39 is 0 Å². The lowest BCUT2D eigenvalue weighted by Crippen LogP contribution is -2.30. The summed E-state index contributed by atoms with van der Waals surface area (Å²) < 4.78 is 0. The van der Waals surface area contributed by atoms with Crippen LogP contribution >= 0.6 is 0 Å². The standard InChI is InChI=1S/C16H16N4O/c1-4-13-6-5-7-14(9-13)19-16(21)10-20(3)15-8-12(2)17-11-18-15/h1,5-9,11H,10H2,2-3H3,(H,19,21). The van der Waals surface area contributed by atoms with Crippen molar-refractivity contribution in [2.24, 2.45) is 0 Å². The minimum Gasteiger partial charge on any atom is -0.350 e. The molecule has 106 valence electrons. The summed E-state index contributed by atoms with van der Waals surface area (Å²) in [5, 5.41) is 2.81. The fraction of sp³-hybridized carbons (Fsp3) is 0.188. The van der Waals surface area contributed by atoms with Crippen molar-refractivity contribution in [3.05, 3.63) is 47.9 Å². The molecule has 0 radical (unpaired) electrons. The fourth-order valence-corrected chi connectivity index (χ4v) is 1.83. The largest absolute Gasteiger partial charge is 0.350 e. The Morgan fingerprint density at radius 1 is 1.38 bits per heavy atom. The van der Waals surface area contributed by atoms with Gasteiger partial charge in [0.2, 0.25) is 5.91 Å². The van der Waals surface area contributed by atoms with Crippen molar-refractivity contribution in [1.82, 2.24) is 9.97 Å². The van der Waals surface area contributed by atoms with Gasteiger partial charge in [0.1, 0.15) is 12.1 Å². The van der Waals surface area contributed by atoms with Gasteiger partial charge in [-0.1, -0.05) is 12.0 Å². The van der Waals surface area contributed by atoms with E-state index in [1.54, 1.807) is 24.1 Å². The third-order valence-electron chi connectivity index (χ3n) is 2.87. The number of anilines is 2. The number of hydrogen-bond donors (Lipinski definition) is 1. The van der Waals surface area contributed by atoms with Gasteiger partial charge in [-0.25, -0.2) is 9.97 Å². The quantitative estimate of drug-likeness (QED) is 0.868. The van der Waals surface area contributed by atoms with E-state index in [1.807, 2.05) is 25.1 Å². The molecule has 0 spiro atoms. The van der Waals surface area contributed by atoms with E-state index in [0.29, 0.717) is 11.5 Å². The van der Waals surface area contributed by atoms with Crippen molar-refractivity contribution in [2.75, 3.05) is 23.8 Å². The van der Waals surface area contributed by atoms with Crippen molar-refractivity contribution >= 4 is 17.4 Å². The van der Waals surface area contributed by atoms with E-state index in [9.17, 15) is 4.79 Å². The Balaban J connectivity index is 2.00. The number of nitrogens with one attached hydrogen (secondary N) is 1. The summed E-state index contributed by atoms with van der Waals surface area (Å²) in [6.07, 6.45) is 6.82. The molecule has 1 aromatic carbocycles. The molecule has 0 atom stereocenters. The first kappa shape index (κ1) is 14.5. The van der Waals surface area contributed by atoms with Crippen LogP contribution < -0.4 is 10.2 Å². The topological polar surface area (TPSA) is 58.1 Å². The average Bonchev–Trinajstić information content (AvgIpc) is 2.47. The molecular weight excluding hydrogens is 264 g/mol. The number of terminal acetylenes is 1. The maximum atomic E-state index is 12.0. The maximum absolute atomic E-state index is 12.0. The van der Waals surface area contributed by atoms with E-state index in [2.05, 4.69) is 21.2 Å². The zero-order chi connectivity index (χ0) is 15.2. The maximum Gasteiger partial charge on any atom is 0.243 e. The normalized spacial score (nSPS) is 9.76. The Hall–Kier alpha value is -2.87. The average molecular weight is 280 g/mol. The first-order valence-electron chi connectivity index (χ1n) is 6.45. The number of nitrogens with zero attached hydrogens (tertiary/aromatic N) is 3. The van der Waals surface area contributed by atoms with Crippen LogP contribution in [0.25, 0.3) is 0 Å². The molecule has 0 aliphatic rings. The van der Waals surface area contributed by atoms with Gasteiger partial charge in [0.25, 0.3) is 0 Å². The Kier molecular flexibility index (Phi) is 4.52. The van der Waals surface area contributed by atoms with Crippen molar-refractivity contribution in [1.29, 1.82) is 0 Å². The van der Waals surface area contributed by atoms with Crippen LogP contribution in [0.15, 0.2) is 36.7 Å². The third kappa shape index (κ3) is 4.05. The molecule has 5 heteroatoms. The van der Waals surface area contributed by atoms with Crippen molar-refractivity contribution < 1.29 is 4.79 Å². The van der Waals surface area contributed by atoms with Crippen LogP contribution in [0.3, 0.4) is 0 Å². The first-order valence-corrected chi connectivity index (χ1v) is 6.45. The monoisotopic (exact) mass is 280 g/mol. The number of aromatic nitrogens is 2. The summed E-state index contributed by atoms with van der Waals surface area (Å²) in [5.74, 6) is 3.10. The highest BCUT2D eigenvalue weighted by Crippen LogP contribution is 2.11. The second-order valence-electron chi connectivity index (χ2n) is 4.65. The molecule has 0 aliphatic carbocycles. The smallest absolute Gasteiger partial charge is 0.243 e. The van der Waals surface area contributed by atoms with E-state index in [1.165, 1.54) is 6.33 Å². The van der Waals surface area contributed by atoms with Gasteiger partial charge in [-0.2, -0.15) is 0 Å². The molecule has 1 amide bonds.